The van der Waals surface area contributed by atoms with E-state index in [-0.39, 0.29) is 55.6 Å². The number of guanidine groups is 2. The molecule has 0 radical (unpaired) electrons. The minimum atomic E-state index is -1.25. The number of fused-ring (bicyclic) bond motifs is 3. The number of nitrogens with zero attached hydrogens (tertiary/aromatic N) is 2. The Bertz CT molecular complexity index is 1500. The van der Waals surface area contributed by atoms with Gasteiger partial charge < -0.3 is 36.0 Å². The van der Waals surface area contributed by atoms with Crippen molar-refractivity contribution >= 4 is 29.6 Å². The molecule has 13 nitrogen and oxygen atoms in total. The van der Waals surface area contributed by atoms with E-state index in [2.05, 4.69) is 27.3 Å². The van der Waals surface area contributed by atoms with E-state index in [0.717, 1.165) is 28.7 Å². The summed E-state index contributed by atoms with van der Waals surface area (Å²) < 4.78 is 5.86. The number of aliphatic hydroxyl groups excluding tert-OH is 1. The van der Waals surface area contributed by atoms with E-state index in [1.165, 1.54) is 4.90 Å². The van der Waals surface area contributed by atoms with Gasteiger partial charge in [0.05, 0.1) is 24.7 Å². The first-order valence-corrected chi connectivity index (χ1v) is 13.6. The summed E-state index contributed by atoms with van der Waals surface area (Å²) in [5.74, 6) is -0.910. The van der Waals surface area contributed by atoms with Crippen molar-refractivity contribution in [3.05, 3.63) is 59.2 Å². The molecule has 0 bridgehead atoms. The normalized spacial score (nSPS) is 29.4. The molecule has 4 unspecified atom stereocenters. The van der Waals surface area contributed by atoms with Crippen LogP contribution in [-0.2, 0) is 20.7 Å². The van der Waals surface area contributed by atoms with Crippen molar-refractivity contribution in [2.24, 2.45) is 0 Å². The van der Waals surface area contributed by atoms with Crippen LogP contribution in [0.1, 0.15) is 34.3 Å². The molecule has 0 aromatic heterocycles. The largest absolute Gasteiger partial charge is 0.371 e. The second-order valence-electron chi connectivity index (χ2n) is 11.0. The summed E-state index contributed by atoms with van der Waals surface area (Å²) in [7, 11) is 0. The first-order valence-electron chi connectivity index (χ1n) is 13.6. The van der Waals surface area contributed by atoms with E-state index < -0.39 is 36.7 Å². The van der Waals surface area contributed by atoms with E-state index in [1.807, 2.05) is 30.3 Å². The van der Waals surface area contributed by atoms with E-state index in [9.17, 15) is 19.5 Å². The van der Waals surface area contributed by atoms with Gasteiger partial charge in [-0.2, -0.15) is 0 Å². The summed E-state index contributed by atoms with van der Waals surface area (Å²) in [4.78, 5) is 41.5. The van der Waals surface area contributed by atoms with E-state index in [4.69, 9.17) is 15.6 Å². The second kappa shape index (κ2) is 9.28. The van der Waals surface area contributed by atoms with Gasteiger partial charge in [-0.05, 0) is 34.7 Å². The minimum Gasteiger partial charge on any atom is -0.371 e. The fourth-order valence-corrected chi connectivity index (χ4v) is 7.23. The predicted molar refractivity (Wildman–Crippen MR) is 146 cm³/mol. The Morgan fingerprint density at radius 1 is 1.07 bits per heavy atom. The maximum Gasteiger partial charge on any atom is 0.252 e. The van der Waals surface area contributed by atoms with Crippen molar-refractivity contribution in [1.82, 2.24) is 31.1 Å². The van der Waals surface area contributed by atoms with Crippen LogP contribution in [0.3, 0.4) is 0 Å². The predicted octanol–water partition coefficient (Wildman–Crippen LogP) is -0.745. The zero-order valence-corrected chi connectivity index (χ0v) is 22.1. The highest BCUT2D eigenvalue weighted by Crippen LogP contribution is 2.41. The third kappa shape index (κ3) is 3.72. The lowest BCUT2D eigenvalue weighted by molar-refractivity contribution is -0.139. The lowest BCUT2D eigenvalue weighted by Gasteiger charge is -2.50. The molecule has 41 heavy (non-hydrogen) atoms. The molecule has 2 aromatic carbocycles. The Labute approximate surface area is 235 Å². The number of hydrogen-bond acceptors (Lipinski definition) is 7. The maximum atomic E-state index is 13.9. The van der Waals surface area contributed by atoms with Gasteiger partial charge in [-0.15, -0.1) is 0 Å². The van der Waals surface area contributed by atoms with E-state index >= 15 is 0 Å². The second-order valence-corrected chi connectivity index (χ2v) is 11.0. The van der Waals surface area contributed by atoms with Crippen molar-refractivity contribution in [1.29, 1.82) is 10.8 Å². The molecule has 5 atom stereocenters. The van der Waals surface area contributed by atoms with Crippen LogP contribution in [0.25, 0.3) is 11.1 Å². The van der Waals surface area contributed by atoms with Crippen LogP contribution in [0.5, 0.6) is 0 Å². The summed E-state index contributed by atoms with van der Waals surface area (Å²) in [6.07, 6.45) is 0.139. The molecule has 3 amide bonds. The summed E-state index contributed by atoms with van der Waals surface area (Å²) in [6.45, 7) is -0.502. The standard InChI is InChI=1S/C28H30N8O5/c29-26-33-23-18(11-35-20(38)8-9-21(35)39)32-27(30)36-12-19(24(41-13-37)28(23,36)34-26)31-25(40)17-7-3-5-15-10-14-4-1-2-6-16(14)22(15)17/h1-7,18-19,23-24,37H,8-13H2,(H2,30,32)(H,31,40)(H3,29,33,34)/t18?,19-,23?,24?,28?/m0/s1. The number of benzene rings is 2. The Kier molecular flexibility index (Phi) is 5.77. The molecule has 0 saturated carbocycles. The van der Waals surface area contributed by atoms with Crippen molar-refractivity contribution in [2.45, 2.75) is 49.2 Å². The quantitative estimate of drug-likeness (QED) is 0.151. The number of carbonyl (C=O) groups is 3. The van der Waals surface area contributed by atoms with Gasteiger partial charge in [0.1, 0.15) is 12.9 Å². The highest BCUT2D eigenvalue weighted by molar-refractivity contribution is 6.04. The first-order chi connectivity index (χ1) is 19.8. The summed E-state index contributed by atoms with van der Waals surface area (Å²) in [5, 5.41) is 39.5. The van der Waals surface area contributed by atoms with E-state index in [1.54, 1.807) is 11.0 Å². The SMILES string of the molecule is N=C1NC2C(CN3C(=O)CCC3=O)NC(=N)N3C[C@H](NC(=O)c4cccc5c4-c4ccccc4C5)C(OCO)C23N1. The Balaban J connectivity index is 1.21. The van der Waals surface area contributed by atoms with Crippen molar-refractivity contribution in [2.75, 3.05) is 19.9 Å². The van der Waals surface area contributed by atoms with Gasteiger partial charge >= 0.3 is 0 Å². The number of aliphatic hydroxyl groups is 1. The van der Waals surface area contributed by atoms with Gasteiger partial charge in [0.25, 0.3) is 5.91 Å². The molecular formula is C28H30N8O5. The third-order valence-corrected chi connectivity index (χ3v) is 8.89. The zero-order chi connectivity index (χ0) is 28.5. The van der Waals surface area contributed by atoms with Gasteiger partial charge in [-0.1, -0.05) is 36.4 Å². The van der Waals surface area contributed by atoms with Gasteiger partial charge in [0, 0.05) is 24.9 Å². The van der Waals surface area contributed by atoms with Gasteiger partial charge in [-0.3, -0.25) is 30.1 Å². The number of rotatable bonds is 6. The number of imide groups is 1. The average Bonchev–Trinajstić information content (AvgIpc) is 3.68. The number of ether oxygens (including phenoxy) is 1. The molecule has 2 aromatic rings. The lowest BCUT2D eigenvalue weighted by atomic mass is 9.86. The maximum absolute atomic E-state index is 13.9. The zero-order valence-electron chi connectivity index (χ0n) is 22.1. The number of nitrogens with one attached hydrogen (secondary N) is 6. The molecule has 4 fully saturated rings. The minimum absolute atomic E-state index is 0.000690. The Morgan fingerprint density at radius 3 is 2.61 bits per heavy atom. The molecule has 5 aliphatic rings. The monoisotopic (exact) mass is 558 g/mol. The molecule has 4 heterocycles. The fourth-order valence-electron chi connectivity index (χ4n) is 7.23. The average molecular weight is 559 g/mol. The van der Waals surface area contributed by atoms with Crippen LogP contribution in [0.15, 0.2) is 42.5 Å². The summed E-state index contributed by atoms with van der Waals surface area (Å²) in [5.41, 5.74) is 3.42. The molecule has 212 valence electrons. The molecule has 1 spiro atoms. The summed E-state index contributed by atoms with van der Waals surface area (Å²) >= 11 is 0. The van der Waals surface area contributed by atoms with Crippen LogP contribution in [0.2, 0.25) is 0 Å². The number of likely N-dealkylation sites (tertiary alicyclic amines) is 1. The molecule has 7 rings (SSSR count). The van der Waals surface area contributed by atoms with Gasteiger partial charge in [0.2, 0.25) is 11.8 Å². The van der Waals surface area contributed by atoms with Crippen LogP contribution < -0.4 is 21.3 Å². The topological polar surface area (TPSA) is 183 Å². The fraction of sp³-hybridized carbons (Fsp3) is 0.393. The molecular weight excluding hydrogens is 528 g/mol. The summed E-state index contributed by atoms with van der Waals surface area (Å²) in [6, 6.07) is 11.7. The smallest absolute Gasteiger partial charge is 0.252 e. The van der Waals surface area contributed by atoms with E-state index in [0.29, 0.717) is 5.56 Å². The molecule has 4 saturated heterocycles. The Morgan fingerprint density at radius 2 is 1.83 bits per heavy atom. The number of amides is 3. The number of hydrogen-bond donors (Lipinski definition) is 7. The van der Waals surface area contributed by atoms with Crippen LogP contribution in [0, 0.1) is 10.8 Å². The Hall–Kier alpha value is -4.49. The third-order valence-electron chi connectivity index (χ3n) is 8.89. The van der Waals surface area contributed by atoms with Crippen LogP contribution >= 0.6 is 0 Å². The van der Waals surface area contributed by atoms with Crippen molar-refractivity contribution in [3.63, 3.8) is 0 Å². The first kappa shape index (κ1) is 25.5. The van der Waals surface area contributed by atoms with Crippen LogP contribution in [0.4, 0.5) is 0 Å². The van der Waals surface area contributed by atoms with Crippen molar-refractivity contribution in [3.8, 4) is 11.1 Å². The van der Waals surface area contributed by atoms with Crippen LogP contribution in [-0.4, -0.2) is 94.3 Å². The molecule has 13 heteroatoms. The molecule has 7 N–H and O–H groups in total. The van der Waals surface area contributed by atoms with Gasteiger partial charge in [0.15, 0.2) is 17.6 Å². The lowest BCUT2D eigenvalue weighted by Crippen LogP contribution is -2.78. The molecule has 1 aliphatic carbocycles. The van der Waals surface area contributed by atoms with Gasteiger partial charge in [-0.25, -0.2) is 0 Å². The highest BCUT2D eigenvalue weighted by atomic mass is 16.6. The van der Waals surface area contributed by atoms with Crippen molar-refractivity contribution < 1.29 is 24.2 Å². The molecule has 4 aliphatic heterocycles. The highest BCUT2D eigenvalue weighted by Gasteiger charge is 2.68. The number of carbonyl (C=O) groups excluding carboxylic acids is 3.